The Kier molecular flexibility index (Phi) is 11.0. The molecule has 13 aromatic carbocycles. The Bertz CT molecular complexity index is 4410. The molecule has 0 aliphatic carbocycles. The Morgan fingerprint density at radius 3 is 1.48 bits per heavy atom. The van der Waals surface area contributed by atoms with Crippen molar-refractivity contribution < 1.29 is 0 Å². The van der Waals surface area contributed by atoms with Crippen molar-refractivity contribution in [3.63, 3.8) is 0 Å². The Labute approximate surface area is 437 Å². The lowest BCUT2D eigenvalue weighted by atomic mass is 9.93. The van der Waals surface area contributed by atoms with E-state index in [2.05, 4.69) is 301 Å². The number of hydrogen-bond acceptors (Lipinski definition) is 1. The largest absolute Gasteiger partial charge is 0.337 e. The molecule has 75 heavy (non-hydrogen) atoms. The second-order valence-electron chi connectivity index (χ2n) is 19.6. The normalized spacial score (nSPS) is 11.5. The minimum atomic E-state index is 0.674. The summed E-state index contributed by atoms with van der Waals surface area (Å²) in [5.41, 5.74) is 19.1. The maximum Gasteiger partial charge on any atom is 0.0547 e. The summed E-state index contributed by atoms with van der Waals surface area (Å²) >= 11 is 0. The van der Waals surface area contributed by atoms with E-state index in [1.165, 1.54) is 121 Å². The van der Waals surface area contributed by atoms with Gasteiger partial charge in [-0.05, 0) is 137 Å². The second kappa shape index (κ2) is 18.7. The monoisotopic (exact) mass is 954 g/mol. The van der Waals surface area contributed by atoms with E-state index in [1.54, 1.807) is 0 Å². The van der Waals surface area contributed by atoms with Gasteiger partial charge in [0.2, 0.25) is 0 Å². The standard InChI is InChI=1S/C73H50N2/c1-2-17-50(18-3-1)52-39-43-60(44-40-52)74(61-45-41-53(42-46-61)51-35-37-55(38-36-51)64-31-15-22-54-19-4-8-26-63(54)64)49-59-21-6-7-25-62(59)56-23-14-24-57(47-56)66-32-16-34-71-73(66)69-30-12-13-33-70(69)75(71)72-48-58-20-5-9-27-65(58)67-28-10-11-29-68(67)72/h1-48H,49H2. The molecule has 0 radical (unpaired) electrons. The summed E-state index contributed by atoms with van der Waals surface area (Å²) in [6.07, 6.45) is 0. The molecule has 2 heteroatoms. The highest BCUT2D eigenvalue weighted by atomic mass is 15.1. The van der Waals surface area contributed by atoms with Crippen molar-refractivity contribution in [1.29, 1.82) is 0 Å². The van der Waals surface area contributed by atoms with Crippen molar-refractivity contribution in [1.82, 2.24) is 4.57 Å². The fourth-order valence-corrected chi connectivity index (χ4v) is 11.7. The molecule has 1 aromatic heterocycles. The summed E-state index contributed by atoms with van der Waals surface area (Å²) in [7, 11) is 0. The third kappa shape index (κ3) is 7.92. The molecule has 0 atom stereocenters. The lowest BCUT2D eigenvalue weighted by Crippen LogP contribution is -2.17. The highest BCUT2D eigenvalue weighted by Crippen LogP contribution is 2.43. The number of aromatic nitrogens is 1. The summed E-state index contributed by atoms with van der Waals surface area (Å²) in [6, 6.07) is 107. The molecular formula is C73H50N2. The van der Waals surface area contributed by atoms with Gasteiger partial charge in [0.05, 0.1) is 16.7 Å². The number of fused-ring (bicyclic) bond motifs is 7. The van der Waals surface area contributed by atoms with Gasteiger partial charge in [-0.3, -0.25) is 0 Å². The first-order chi connectivity index (χ1) is 37.2. The summed E-state index contributed by atoms with van der Waals surface area (Å²) in [6.45, 7) is 0.674. The number of anilines is 2. The van der Waals surface area contributed by atoms with Crippen molar-refractivity contribution in [2.24, 2.45) is 0 Å². The van der Waals surface area contributed by atoms with Crippen LogP contribution in [0.2, 0.25) is 0 Å². The first-order valence-electron chi connectivity index (χ1n) is 25.9. The van der Waals surface area contributed by atoms with E-state index >= 15 is 0 Å². The second-order valence-corrected chi connectivity index (χ2v) is 19.6. The molecule has 0 bridgehead atoms. The minimum absolute atomic E-state index is 0.674. The summed E-state index contributed by atoms with van der Waals surface area (Å²) in [5, 5.41) is 10.0. The smallest absolute Gasteiger partial charge is 0.0547 e. The fraction of sp³-hybridized carbons (Fsp3) is 0.0137. The van der Waals surface area contributed by atoms with E-state index in [0.29, 0.717) is 6.54 Å². The highest BCUT2D eigenvalue weighted by molar-refractivity contribution is 6.18. The molecule has 1 heterocycles. The van der Waals surface area contributed by atoms with Crippen LogP contribution in [0.15, 0.2) is 291 Å². The molecule has 14 rings (SSSR count). The van der Waals surface area contributed by atoms with Crippen LogP contribution >= 0.6 is 0 Å². The van der Waals surface area contributed by atoms with Gasteiger partial charge >= 0.3 is 0 Å². The molecule has 0 saturated carbocycles. The predicted octanol–water partition coefficient (Wildman–Crippen LogP) is 19.9. The van der Waals surface area contributed by atoms with Crippen LogP contribution in [0.3, 0.4) is 0 Å². The van der Waals surface area contributed by atoms with Crippen LogP contribution in [-0.2, 0) is 6.54 Å². The van der Waals surface area contributed by atoms with Gasteiger partial charge in [0.1, 0.15) is 0 Å². The molecule has 0 N–H and O–H groups in total. The molecular weight excluding hydrogens is 905 g/mol. The van der Waals surface area contributed by atoms with Crippen molar-refractivity contribution in [3.8, 4) is 61.3 Å². The average molecular weight is 955 g/mol. The van der Waals surface area contributed by atoms with Crippen LogP contribution in [-0.4, -0.2) is 4.57 Å². The van der Waals surface area contributed by atoms with Gasteiger partial charge in [0.25, 0.3) is 0 Å². The zero-order chi connectivity index (χ0) is 49.7. The maximum absolute atomic E-state index is 2.48. The molecule has 0 amide bonds. The molecule has 0 fully saturated rings. The number of rotatable bonds is 10. The van der Waals surface area contributed by atoms with Crippen LogP contribution in [0.1, 0.15) is 5.56 Å². The zero-order valence-electron chi connectivity index (χ0n) is 41.3. The Morgan fingerprint density at radius 1 is 0.267 bits per heavy atom. The van der Waals surface area contributed by atoms with Crippen molar-refractivity contribution >= 4 is 65.5 Å². The first-order valence-corrected chi connectivity index (χ1v) is 25.9. The molecule has 0 spiro atoms. The molecule has 352 valence electrons. The molecule has 0 unspecified atom stereocenters. The van der Waals surface area contributed by atoms with E-state index in [0.717, 1.165) is 11.4 Å². The zero-order valence-corrected chi connectivity index (χ0v) is 41.3. The quantitative estimate of drug-likeness (QED) is 0.124. The topological polar surface area (TPSA) is 8.17 Å². The van der Waals surface area contributed by atoms with Crippen molar-refractivity contribution in [2.75, 3.05) is 4.90 Å². The Hall–Kier alpha value is -9.76. The predicted molar refractivity (Wildman–Crippen MR) is 319 cm³/mol. The summed E-state index contributed by atoms with van der Waals surface area (Å²) in [5.74, 6) is 0. The first kappa shape index (κ1) is 44.0. The number of nitrogens with zero attached hydrogens (tertiary/aromatic N) is 2. The molecule has 0 aliphatic heterocycles. The van der Waals surface area contributed by atoms with Crippen LogP contribution in [0.5, 0.6) is 0 Å². The van der Waals surface area contributed by atoms with E-state index in [-0.39, 0.29) is 0 Å². The number of benzene rings is 13. The SMILES string of the molecule is c1ccc(-c2ccc(N(Cc3ccccc3-c3cccc(-c4cccc5c4c4ccccc4n5-c4cc5ccccc5c5ccccc45)c3)c3ccc(-c4ccc(-c5cccc6ccccc56)cc4)cc3)cc2)cc1. The van der Waals surface area contributed by atoms with Crippen LogP contribution in [0.25, 0.3) is 115 Å². The lowest BCUT2D eigenvalue weighted by molar-refractivity contribution is 0.977. The van der Waals surface area contributed by atoms with Gasteiger partial charge in [-0.25, -0.2) is 0 Å². The maximum atomic E-state index is 2.48. The van der Waals surface area contributed by atoms with Gasteiger partial charge in [0, 0.05) is 34.1 Å². The van der Waals surface area contributed by atoms with Crippen LogP contribution < -0.4 is 4.90 Å². The van der Waals surface area contributed by atoms with E-state index < -0.39 is 0 Å². The minimum Gasteiger partial charge on any atom is -0.337 e. The Balaban J connectivity index is 0.836. The molecule has 2 nitrogen and oxygen atoms in total. The molecule has 0 saturated heterocycles. The van der Waals surface area contributed by atoms with Gasteiger partial charge in [-0.1, -0.05) is 243 Å². The summed E-state index contributed by atoms with van der Waals surface area (Å²) < 4.78 is 2.48. The summed E-state index contributed by atoms with van der Waals surface area (Å²) in [4.78, 5) is 2.46. The van der Waals surface area contributed by atoms with E-state index in [1.807, 2.05) is 0 Å². The van der Waals surface area contributed by atoms with Crippen molar-refractivity contribution in [2.45, 2.75) is 6.54 Å². The van der Waals surface area contributed by atoms with E-state index in [9.17, 15) is 0 Å². The number of para-hydroxylation sites is 1. The lowest BCUT2D eigenvalue weighted by Gasteiger charge is -2.27. The van der Waals surface area contributed by atoms with Crippen molar-refractivity contribution in [3.05, 3.63) is 297 Å². The van der Waals surface area contributed by atoms with Gasteiger partial charge in [-0.2, -0.15) is 0 Å². The average Bonchev–Trinajstić information content (AvgIpc) is 3.86. The van der Waals surface area contributed by atoms with Gasteiger partial charge in [0.15, 0.2) is 0 Å². The van der Waals surface area contributed by atoms with Crippen LogP contribution in [0, 0.1) is 0 Å². The van der Waals surface area contributed by atoms with E-state index in [4.69, 9.17) is 0 Å². The third-order valence-electron chi connectivity index (χ3n) is 15.3. The van der Waals surface area contributed by atoms with Gasteiger partial charge in [-0.15, -0.1) is 0 Å². The van der Waals surface area contributed by atoms with Gasteiger partial charge < -0.3 is 9.47 Å². The molecule has 14 aromatic rings. The third-order valence-corrected chi connectivity index (χ3v) is 15.3. The highest BCUT2D eigenvalue weighted by Gasteiger charge is 2.20. The van der Waals surface area contributed by atoms with Crippen LogP contribution in [0.4, 0.5) is 11.4 Å². The number of hydrogen-bond donors (Lipinski definition) is 0. The fourth-order valence-electron chi connectivity index (χ4n) is 11.7. The molecule has 0 aliphatic rings. The Morgan fingerprint density at radius 2 is 0.733 bits per heavy atom.